The molecule has 0 spiro atoms. The molecule has 0 aliphatic carbocycles. The zero-order chi connectivity index (χ0) is 11.3. The maximum Gasteiger partial charge on any atom is 0.238 e. The summed E-state index contributed by atoms with van der Waals surface area (Å²) in [6.45, 7) is 3.71. The Balaban J connectivity index is 2.69. The van der Waals surface area contributed by atoms with E-state index in [9.17, 15) is 4.79 Å². The van der Waals surface area contributed by atoms with Crippen LogP contribution in [0, 0.1) is 0 Å². The van der Waals surface area contributed by atoms with Crippen LogP contribution in [0.3, 0.4) is 0 Å². The first-order valence-electron chi connectivity index (χ1n) is 5.14. The molecule has 1 rings (SSSR count). The molecule has 0 unspecified atom stereocenters. The molecule has 15 heavy (non-hydrogen) atoms. The Kier molecular flexibility index (Phi) is 4.63. The van der Waals surface area contributed by atoms with Crippen LogP contribution in [0.2, 0.25) is 0 Å². The van der Waals surface area contributed by atoms with Crippen LogP contribution >= 0.6 is 11.6 Å². The predicted octanol–water partition coefficient (Wildman–Crippen LogP) is 2.88. The SMILES string of the molecule is CC[C@H](NC(=O)[C@H](C)Cl)c1ccccc1. The highest BCUT2D eigenvalue weighted by Gasteiger charge is 2.15. The number of alkyl halides is 1. The second-order valence-corrected chi connectivity index (χ2v) is 4.15. The number of carbonyl (C=O) groups is 1. The number of hydrogen-bond donors (Lipinski definition) is 1. The van der Waals surface area contributed by atoms with Gasteiger partial charge in [-0.15, -0.1) is 11.6 Å². The average molecular weight is 226 g/mol. The normalized spacial score (nSPS) is 14.3. The lowest BCUT2D eigenvalue weighted by atomic mass is 10.0. The highest BCUT2D eigenvalue weighted by atomic mass is 35.5. The maximum atomic E-state index is 11.4. The van der Waals surface area contributed by atoms with Crippen molar-refractivity contribution in [3.8, 4) is 0 Å². The molecule has 1 aromatic rings. The molecule has 1 aromatic carbocycles. The van der Waals surface area contributed by atoms with Gasteiger partial charge in [0.2, 0.25) is 5.91 Å². The second-order valence-electron chi connectivity index (χ2n) is 3.50. The fraction of sp³-hybridized carbons (Fsp3) is 0.417. The molecule has 0 heterocycles. The van der Waals surface area contributed by atoms with Crippen molar-refractivity contribution >= 4 is 17.5 Å². The smallest absolute Gasteiger partial charge is 0.238 e. The van der Waals surface area contributed by atoms with Crippen LogP contribution in [0.4, 0.5) is 0 Å². The van der Waals surface area contributed by atoms with E-state index in [4.69, 9.17) is 11.6 Å². The third kappa shape index (κ3) is 3.56. The Bertz CT molecular complexity index is 311. The van der Waals surface area contributed by atoms with Gasteiger partial charge in [-0.3, -0.25) is 4.79 Å². The summed E-state index contributed by atoms with van der Waals surface area (Å²) < 4.78 is 0. The fourth-order valence-electron chi connectivity index (χ4n) is 1.39. The summed E-state index contributed by atoms with van der Waals surface area (Å²) in [5.41, 5.74) is 1.12. The van der Waals surface area contributed by atoms with Crippen LogP contribution in [0.15, 0.2) is 30.3 Å². The molecule has 2 atom stereocenters. The number of amides is 1. The minimum Gasteiger partial charge on any atom is -0.348 e. The molecule has 3 heteroatoms. The summed E-state index contributed by atoms with van der Waals surface area (Å²) in [6.07, 6.45) is 0.860. The zero-order valence-corrected chi connectivity index (χ0v) is 9.79. The van der Waals surface area contributed by atoms with Crippen molar-refractivity contribution in [3.05, 3.63) is 35.9 Å². The number of rotatable bonds is 4. The fourth-order valence-corrected chi connectivity index (χ4v) is 1.46. The predicted molar refractivity (Wildman–Crippen MR) is 62.9 cm³/mol. The van der Waals surface area contributed by atoms with E-state index >= 15 is 0 Å². The van der Waals surface area contributed by atoms with E-state index in [-0.39, 0.29) is 11.9 Å². The van der Waals surface area contributed by atoms with Crippen molar-refractivity contribution in [2.45, 2.75) is 31.7 Å². The van der Waals surface area contributed by atoms with Gasteiger partial charge in [0.1, 0.15) is 5.38 Å². The van der Waals surface area contributed by atoms with Gasteiger partial charge in [-0.2, -0.15) is 0 Å². The largest absolute Gasteiger partial charge is 0.348 e. The summed E-state index contributed by atoms with van der Waals surface area (Å²) in [5, 5.41) is 2.43. The van der Waals surface area contributed by atoms with E-state index in [1.54, 1.807) is 6.92 Å². The molecule has 0 aromatic heterocycles. The number of nitrogens with one attached hydrogen (secondary N) is 1. The van der Waals surface area contributed by atoms with E-state index in [2.05, 4.69) is 5.32 Å². The Morgan fingerprint density at radius 2 is 2.00 bits per heavy atom. The van der Waals surface area contributed by atoms with Gasteiger partial charge in [0.25, 0.3) is 0 Å². The van der Waals surface area contributed by atoms with Gasteiger partial charge in [-0.05, 0) is 18.9 Å². The van der Waals surface area contributed by atoms with Gasteiger partial charge in [0.05, 0.1) is 6.04 Å². The number of hydrogen-bond acceptors (Lipinski definition) is 1. The first-order valence-corrected chi connectivity index (χ1v) is 5.58. The quantitative estimate of drug-likeness (QED) is 0.785. The van der Waals surface area contributed by atoms with E-state index in [0.717, 1.165) is 12.0 Å². The monoisotopic (exact) mass is 225 g/mol. The van der Waals surface area contributed by atoms with Crippen LogP contribution in [0.5, 0.6) is 0 Å². The maximum absolute atomic E-state index is 11.4. The van der Waals surface area contributed by atoms with Crippen molar-refractivity contribution in [2.24, 2.45) is 0 Å². The van der Waals surface area contributed by atoms with Gasteiger partial charge < -0.3 is 5.32 Å². The second kappa shape index (κ2) is 5.76. The highest BCUT2D eigenvalue weighted by molar-refractivity contribution is 6.30. The van der Waals surface area contributed by atoms with Gasteiger partial charge >= 0.3 is 0 Å². The van der Waals surface area contributed by atoms with E-state index < -0.39 is 5.38 Å². The molecule has 0 saturated carbocycles. The van der Waals surface area contributed by atoms with Crippen LogP contribution in [-0.4, -0.2) is 11.3 Å². The van der Waals surface area contributed by atoms with E-state index in [1.807, 2.05) is 37.3 Å². The number of benzene rings is 1. The van der Waals surface area contributed by atoms with Gasteiger partial charge in [-0.1, -0.05) is 37.3 Å². The molecule has 1 amide bonds. The summed E-state index contributed by atoms with van der Waals surface area (Å²) >= 11 is 5.70. The zero-order valence-electron chi connectivity index (χ0n) is 9.03. The summed E-state index contributed by atoms with van der Waals surface area (Å²) in [7, 11) is 0. The molecule has 2 nitrogen and oxygen atoms in total. The topological polar surface area (TPSA) is 29.1 Å². The van der Waals surface area contributed by atoms with Crippen molar-refractivity contribution in [2.75, 3.05) is 0 Å². The lowest BCUT2D eigenvalue weighted by molar-refractivity contribution is -0.121. The number of halogens is 1. The Hall–Kier alpha value is -1.02. The van der Waals surface area contributed by atoms with Crippen LogP contribution < -0.4 is 5.32 Å². The van der Waals surface area contributed by atoms with Crippen molar-refractivity contribution in [3.63, 3.8) is 0 Å². The Labute approximate surface area is 95.6 Å². The highest BCUT2D eigenvalue weighted by Crippen LogP contribution is 2.16. The van der Waals surface area contributed by atoms with E-state index in [0.29, 0.717) is 0 Å². The van der Waals surface area contributed by atoms with Crippen molar-refractivity contribution in [1.82, 2.24) is 5.32 Å². The van der Waals surface area contributed by atoms with E-state index in [1.165, 1.54) is 0 Å². The molecule has 1 N–H and O–H groups in total. The van der Waals surface area contributed by atoms with Crippen LogP contribution in [0.1, 0.15) is 31.9 Å². The van der Waals surface area contributed by atoms with Crippen LogP contribution in [-0.2, 0) is 4.79 Å². The molecular weight excluding hydrogens is 210 g/mol. The Morgan fingerprint density at radius 3 is 2.47 bits per heavy atom. The van der Waals surface area contributed by atoms with Gasteiger partial charge in [-0.25, -0.2) is 0 Å². The van der Waals surface area contributed by atoms with Crippen molar-refractivity contribution < 1.29 is 4.79 Å². The average Bonchev–Trinajstić information content (AvgIpc) is 2.26. The molecule has 0 radical (unpaired) electrons. The summed E-state index contributed by atoms with van der Waals surface area (Å²) in [5.74, 6) is -0.118. The summed E-state index contributed by atoms with van der Waals surface area (Å²) in [6, 6.07) is 9.96. The molecule has 0 bridgehead atoms. The Morgan fingerprint density at radius 1 is 1.40 bits per heavy atom. The van der Waals surface area contributed by atoms with Gasteiger partial charge in [0, 0.05) is 0 Å². The molecule has 0 saturated heterocycles. The lowest BCUT2D eigenvalue weighted by Crippen LogP contribution is -2.33. The molecule has 0 fully saturated rings. The standard InChI is InChI=1S/C12H16ClNO/c1-3-11(14-12(15)9(2)13)10-7-5-4-6-8-10/h4-9,11H,3H2,1-2H3,(H,14,15)/t9-,11-/m0/s1. The first-order chi connectivity index (χ1) is 7.15. The van der Waals surface area contributed by atoms with Gasteiger partial charge in [0.15, 0.2) is 0 Å². The third-order valence-corrected chi connectivity index (χ3v) is 2.49. The third-order valence-electron chi connectivity index (χ3n) is 2.29. The summed E-state index contributed by atoms with van der Waals surface area (Å²) in [4.78, 5) is 11.4. The minimum absolute atomic E-state index is 0.0555. The molecular formula is C12H16ClNO. The van der Waals surface area contributed by atoms with Crippen molar-refractivity contribution in [1.29, 1.82) is 0 Å². The molecule has 0 aliphatic heterocycles. The first kappa shape index (κ1) is 12.1. The van der Waals surface area contributed by atoms with Crippen LogP contribution in [0.25, 0.3) is 0 Å². The molecule has 0 aliphatic rings. The molecule has 82 valence electrons. The lowest BCUT2D eigenvalue weighted by Gasteiger charge is -2.18. The minimum atomic E-state index is -0.484. The number of carbonyl (C=O) groups excluding carboxylic acids is 1.